The third-order valence-corrected chi connectivity index (χ3v) is 1.74. The Morgan fingerprint density at radius 3 is 2.88 bits per heavy atom. The highest BCUT2D eigenvalue weighted by Crippen LogP contribution is 2.15. The predicted molar refractivity (Wildman–Crippen MR) is 34.4 cm³/mol. The van der Waals surface area contributed by atoms with Crippen molar-refractivity contribution < 1.29 is 4.79 Å². The van der Waals surface area contributed by atoms with E-state index in [-0.39, 0.29) is 5.91 Å². The summed E-state index contributed by atoms with van der Waals surface area (Å²) in [4.78, 5) is 10.5. The van der Waals surface area contributed by atoms with Gasteiger partial charge in [-0.3, -0.25) is 4.79 Å². The third kappa shape index (κ3) is 1.26. The number of carbonyl (C=O) groups is 1. The molecular weight excluding hydrogens is 122 g/mol. The van der Waals surface area contributed by atoms with Crippen molar-refractivity contribution >= 4 is 17.7 Å². The number of carbonyl (C=O) groups excluding carboxylic acids is 1. The summed E-state index contributed by atoms with van der Waals surface area (Å²) in [7, 11) is 0. The minimum Gasteiger partial charge on any atom is -0.321 e. The van der Waals surface area contributed by atoms with Gasteiger partial charge in [0.1, 0.15) is 0 Å². The van der Waals surface area contributed by atoms with E-state index in [0.717, 1.165) is 10.8 Å². The first-order chi connectivity index (χ1) is 3.79. The fraction of sp³-hybridized carbons (Fsp3) is 0.400. The molecule has 0 radical (unpaired) electrons. The van der Waals surface area contributed by atoms with Crippen LogP contribution in [0.2, 0.25) is 0 Å². The van der Waals surface area contributed by atoms with E-state index in [1.54, 1.807) is 11.8 Å². The van der Waals surface area contributed by atoms with Crippen LogP contribution >= 0.6 is 11.8 Å². The largest absolute Gasteiger partial charge is 0.321 e. The zero-order valence-electron chi connectivity index (χ0n) is 4.44. The number of hydrogen-bond donors (Lipinski definition) is 1. The normalized spacial score (nSPS) is 20.5. The molecule has 0 atom stereocenters. The smallest absolute Gasteiger partial charge is 0.225 e. The van der Waals surface area contributed by atoms with Crippen LogP contribution in [-0.2, 0) is 4.79 Å². The van der Waals surface area contributed by atoms with E-state index < -0.39 is 0 Å². The molecule has 1 aliphatic rings. The van der Waals surface area contributed by atoms with Gasteiger partial charge in [0, 0.05) is 12.2 Å². The Morgan fingerprint density at radius 2 is 2.50 bits per heavy atom. The minimum atomic E-state index is 0.0914. The molecule has 0 unspecified atom stereocenters. The quantitative estimate of drug-likeness (QED) is 0.522. The maximum atomic E-state index is 10.5. The first kappa shape index (κ1) is 5.69. The Kier molecular flexibility index (Phi) is 1.58. The summed E-state index contributed by atoms with van der Waals surface area (Å²) in [6, 6.07) is 0. The number of hydrogen-bond acceptors (Lipinski definition) is 2. The number of thioether (sulfide) groups is 1. The van der Waals surface area contributed by atoms with Gasteiger partial charge in [-0.25, -0.2) is 0 Å². The molecular formula is C5H7NOS. The molecule has 1 saturated heterocycles. The van der Waals surface area contributed by atoms with Gasteiger partial charge in [0.05, 0.1) is 5.03 Å². The Balaban J connectivity index is 2.45. The van der Waals surface area contributed by atoms with Crippen molar-refractivity contribution in [1.29, 1.82) is 0 Å². The Labute approximate surface area is 52.3 Å². The summed E-state index contributed by atoms with van der Waals surface area (Å²) < 4.78 is 0. The van der Waals surface area contributed by atoms with Gasteiger partial charge in [0.15, 0.2) is 0 Å². The second-order valence-electron chi connectivity index (χ2n) is 1.57. The van der Waals surface area contributed by atoms with Crippen LogP contribution in [0.4, 0.5) is 0 Å². The molecule has 0 aromatic carbocycles. The van der Waals surface area contributed by atoms with Gasteiger partial charge >= 0.3 is 0 Å². The molecule has 44 valence electrons. The van der Waals surface area contributed by atoms with Gasteiger partial charge in [-0.05, 0) is 0 Å². The summed E-state index contributed by atoms with van der Waals surface area (Å²) in [5.41, 5.74) is 0. The van der Waals surface area contributed by atoms with Crippen LogP contribution < -0.4 is 5.32 Å². The lowest BCUT2D eigenvalue weighted by Gasteiger charge is -2.11. The highest BCUT2D eigenvalue weighted by molar-refractivity contribution is 8.03. The first-order valence-electron chi connectivity index (χ1n) is 2.40. The molecule has 1 amide bonds. The summed E-state index contributed by atoms with van der Waals surface area (Å²) in [6.45, 7) is 3.60. The van der Waals surface area contributed by atoms with Crippen LogP contribution in [0.3, 0.4) is 0 Å². The highest BCUT2D eigenvalue weighted by Gasteiger charge is 2.08. The Morgan fingerprint density at radius 1 is 1.75 bits per heavy atom. The fourth-order valence-electron chi connectivity index (χ4n) is 0.521. The molecule has 0 bridgehead atoms. The molecule has 1 heterocycles. The first-order valence-corrected chi connectivity index (χ1v) is 3.39. The van der Waals surface area contributed by atoms with Crippen LogP contribution in [0, 0.1) is 0 Å². The lowest BCUT2D eigenvalue weighted by atomic mass is 10.4. The van der Waals surface area contributed by atoms with Crippen LogP contribution in [0.25, 0.3) is 0 Å². The lowest BCUT2D eigenvalue weighted by Crippen LogP contribution is -2.25. The van der Waals surface area contributed by atoms with E-state index in [9.17, 15) is 4.79 Å². The summed E-state index contributed by atoms with van der Waals surface area (Å²) in [6.07, 6.45) is 0.629. The molecule has 0 spiro atoms. The SMILES string of the molecule is C=C1NC(=O)CCS1. The van der Waals surface area contributed by atoms with Crippen LogP contribution in [-0.4, -0.2) is 11.7 Å². The van der Waals surface area contributed by atoms with Gasteiger partial charge < -0.3 is 5.32 Å². The van der Waals surface area contributed by atoms with Gasteiger partial charge in [0.25, 0.3) is 0 Å². The monoisotopic (exact) mass is 129 g/mol. The molecule has 1 rings (SSSR count). The lowest BCUT2D eigenvalue weighted by molar-refractivity contribution is -0.119. The predicted octanol–water partition coefficient (Wildman–Crippen LogP) is 0.711. The summed E-state index contributed by atoms with van der Waals surface area (Å²) in [5.74, 6) is 0.971. The van der Waals surface area contributed by atoms with Crippen molar-refractivity contribution in [2.45, 2.75) is 6.42 Å². The van der Waals surface area contributed by atoms with Gasteiger partial charge in [-0.1, -0.05) is 6.58 Å². The van der Waals surface area contributed by atoms with Gasteiger partial charge in [-0.2, -0.15) is 0 Å². The van der Waals surface area contributed by atoms with E-state index >= 15 is 0 Å². The number of nitrogens with one attached hydrogen (secondary N) is 1. The van der Waals surface area contributed by atoms with E-state index in [4.69, 9.17) is 0 Å². The third-order valence-electron chi connectivity index (χ3n) is 0.884. The second-order valence-corrected chi connectivity index (χ2v) is 2.76. The van der Waals surface area contributed by atoms with Crippen molar-refractivity contribution in [3.8, 4) is 0 Å². The van der Waals surface area contributed by atoms with Gasteiger partial charge in [-0.15, -0.1) is 11.8 Å². The van der Waals surface area contributed by atoms with E-state index in [2.05, 4.69) is 11.9 Å². The topological polar surface area (TPSA) is 29.1 Å². The molecule has 0 saturated carbocycles. The molecule has 8 heavy (non-hydrogen) atoms. The van der Waals surface area contributed by atoms with Crippen LogP contribution in [0.1, 0.15) is 6.42 Å². The molecule has 1 fully saturated rings. The van der Waals surface area contributed by atoms with Crippen LogP contribution in [0.5, 0.6) is 0 Å². The number of amides is 1. The average molecular weight is 129 g/mol. The summed E-state index contributed by atoms with van der Waals surface area (Å²) in [5, 5.41) is 3.39. The second kappa shape index (κ2) is 2.22. The Hall–Kier alpha value is -0.440. The zero-order valence-corrected chi connectivity index (χ0v) is 5.25. The zero-order chi connectivity index (χ0) is 5.98. The highest BCUT2D eigenvalue weighted by atomic mass is 32.2. The molecule has 2 nitrogen and oxygen atoms in total. The molecule has 3 heteroatoms. The average Bonchev–Trinajstić information content (AvgIpc) is 1.64. The van der Waals surface area contributed by atoms with E-state index in [0.29, 0.717) is 6.42 Å². The van der Waals surface area contributed by atoms with Crippen molar-refractivity contribution in [1.82, 2.24) is 5.32 Å². The minimum absolute atomic E-state index is 0.0914. The maximum absolute atomic E-state index is 10.5. The van der Waals surface area contributed by atoms with E-state index in [1.165, 1.54) is 0 Å². The Bertz CT molecular complexity index is 118. The molecule has 0 aromatic heterocycles. The molecule has 1 aliphatic heterocycles. The summed E-state index contributed by atoms with van der Waals surface area (Å²) >= 11 is 1.60. The van der Waals surface area contributed by atoms with Crippen molar-refractivity contribution in [2.24, 2.45) is 0 Å². The van der Waals surface area contributed by atoms with Crippen molar-refractivity contribution in [3.05, 3.63) is 11.6 Å². The molecule has 0 aliphatic carbocycles. The van der Waals surface area contributed by atoms with Crippen molar-refractivity contribution in [3.63, 3.8) is 0 Å². The number of rotatable bonds is 0. The van der Waals surface area contributed by atoms with Crippen LogP contribution in [0.15, 0.2) is 11.6 Å². The van der Waals surface area contributed by atoms with E-state index in [1.807, 2.05) is 0 Å². The molecule has 1 N–H and O–H groups in total. The fourth-order valence-corrected chi connectivity index (χ4v) is 1.24. The maximum Gasteiger partial charge on any atom is 0.225 e. The van der Waals surface area contributed by atoms with Gasteiger partial charge in [0.2, 0.25) is 5.91 Å². The van der Waals surface area contributed by atoms with Crippen molar-refractivity contribution in [2.75, 3.05) is 5.75 Å². The molecule has 0 aromatic rings. The standard InChI is InChI=1S/C5H7NOS/c1-4-6-5(7)2-3-8-4/h1-3H2,(H,6,7).